The maximum atomic E-state index is 12.5. The average molecular weight is 492 g/mol. The normalized spacial score (nSPS) is 17.9. The van der Waals surface area contributed by atoms with Gasteiger partial charge in [0.25, 0.3) is 5.91 Å². The topological polar surface area (TPSA) is 118 Å². The maximum Gasteiger partial charge on any atom is 0.407 e. The number of thiazole rings is 1. The van der Waals surface area contributed by atoms with Gasteiger partial charge in [-0.3, -0.25) is 9.59 Å². The molecular formula is C26H25N3O5S. The van der Waals surface area contributed by atoms with Crippen molar-refractivity contribution in [2.24, 2.45) is 11.8 Å². The van der Waals surface area contributed by atoms with Crippen LogP contribution in [0.4, 0.5) is 4.79 Å². The van der Waals surface area contributed by atoms with Crippen molar-refractivity contribution < 1.29 is 24.2 Å². The number of hydrogen-bond donors (Lipinski definition) is 3. The van der Waals surface area contributed by atoms with Crippen molar-refractivity contribution in [1.82, 2.24) is 15.6 Å². The zero-order valence-electron chi connectivity index (χ0n) is 19.1. The fourth-order valence-electron chi connectivity index (χ4n) is 4.62. The number of aliphatic carboxylic acids is 1. The Labute approximate surface area is 206 Å². The molecule has 0 saturated heterocycles. The number of ether oxygens (including phenoxy) is 1. The molecule has 8 nitrogen and oxygen atoms in total. The first-order chi connectivity index (χ1) is 16.9. The number of nitrogens with zero attached hydrogens (tertiary/aromatic N) is 1. The van der Waals surface area contributed by atoms with Gasteiger partial charge in [-0.15, -0.1) is 11.3 Å². The highest BCUT2D eigenvalue weighted by Crippen LogP contribution is 2.44. The summed E-state index contributed by atoms with van der Waals surface area (Å²) in [6.07, 6.45) is 0.0474. The lowest BCUT2D eigenvalue weighted by Gasteiger charge is -2.14. The molecule has 2 aromatic carbocycles. The second-order valence-electron chi connectivity index (χ2n) is 8.85. The minimum atomic E-state index is -0.820. The molecule has 0 bridgehead atoms. The number of amides is 2. The summed E-state index contributed by atoms with van der Waals surface area (Å²) in [6, 6.07) is 16.3. The van der Waals surface area contributed by atoms with Crippen LogP contribution in [-0.2, 0) is 16.1 Å². The smallest absolute Gasteiger partial charge is 0.407 e. The molecule has 0 aliphatic heterocycles. The predicted octanol–water partition coefficient (Wildman–Crippen LogP) is 3.94. The third-order valence-corrected chi connectivity index (χ3v) is 7.70. The second kappa shape index (κ2) is 9.50. The summed E-state index contributed by atoms with van der Waals surface area (Å²) in [7, 11) is 0. The Balaban J connectivity index is 1.13. The number of carbonyl (C=O) groups excluding carboxylic acids is 2. The number of fused-ring (bicyclic) bond motifs is 3. The van der Waals surface area contributed by atoms with Crippen LogP contribution in [0, 0.1) is 18.8 Å². The van der Waals surface area contributed by atoms with E-state index in [9.17, 15) is 14.4 Å². The predicted molar refractivity (Wildman–Crippen MR) is 130 cm³/mol. The summed E-state index contributed by atoms with van der Waals surface area (Å²) in [5.41, 5.74) is 5.20. The molecule has 2 atom stereocenters. The fraction of sp³-hybridized carbons (Fsp3) is 0.308. The molecule has 2 aliphatic carbocycles. The van der Waals surface area contributed by atoms with Gasteiger partial charge in [-0.1, -0.05) is 48.5 Å². The number of benzene rings is 2. The van der Waals surface area contributed by atoms with Crippen LogP contribution in [-0.4, -0.2) is 41.2 Å². The van der Waals surface area contributed by atoms with E-state index in [4.69, 9.17) is 9.84 Å². The lowest BCUT2D eigenvalue weighted by Crippen LogP contribution is -2.26. The first-order valence-corrected chi connectivity index (χ1v) is 12.3. The number of rotatable bonds is 8. The van der Waals surface area contributed by atoms with Gasteiger partial charge in [-0.25, -0.2) is 9.78 Å². The van der Waals surface area contributed by atoms with Crippen molar-refractivity contribution in [2.75, 3.05) is 13.2 Å². The number of aromatic nitrogens is 1. The van der Waals surface area contributed by atoms with Crippen LogP contribution < -0.4 is 10.6 Å². The van der Waals surface area contributed by atoms with Crippen molar-refractivity contribution in [3.63, 3.8) is 0 Å². The zero-order valence-corrected chi connectivity index (χ0v) is 19.9. The molecule has 2 unspecified atom stereocenters. The van der Waals surface area contributed by atoms with Crippen molar-refractivity contribution in [3.8, 4) is 11.1 Å². The number of nitrogens with one attached hydrogen (secondary N) is 2. The van der Waals surface area contributed by atoms with Gasteiger partial charge in [0, 0.05) is 12.5 Å². The van der Waals surface area contributed by atoms with E-state index in [1.54, 1.807) is 6.92 Å². The van der Waals surface area contributed by atoms with Gasteiger partial charge >= 0.3 is 12.1 Å². The van der Waals surface area contributed by atoms with E-state index < -0.39 is 12.1 Å². The quantitative estimate of drug-likeness (QED) is 0.439. The Bertz CT molecular complexity index is 1260. The van der Waals surface area contributed by atoms with Gasteiger partial charge in [0.1, 0.15) is 16.5 Å². The van der Waals surface area contributed by atoms with Gasteiger partial charge in [-0.05, 0) is 41.5 Å². The lowest BCUT2D eigenvalue weighted by molar-refractivity contribution is -0.138. The molecule has 1 saturated carbocycles. The van der Waals surface area contributed by atoms with Crippen LogP contribution >= 0.6 is 11.3 Å². The summed E-state index contributed by atoms with van der Waals surface area (Å²) < 4.78 is 5.55. The molecule has 35 heavy (non-hydrogen) atoms. The number of hydrogen-bond acceptors (Lipinski definition) is 6. The van der Waals surface area contributed by atoms with Gasteiger partial charge in [0.15, 0.2) is 0 Å². The largest absolute Gasteiger partial charge is 0.481 e. The molecular weight excluding hydrogens is 466 g/mol. The zero-order chi connectivity index (χ0) is 24.5. The number of carboxylic acids is 1. The van der Waals surface area contributed by atoms with Crippen LogP contribution in [0.1, 0.15) is 43.8 Å². The summed E-state index contributed by atoms with van der Waals surface area (Å²) in [5.74, 6) is -1.49. The number of alkyl carbamates (subject to hydrolysis) is 1. The van der Waals surface area contributed by atoms with Crippen LogP contribution in [0.5, 0.6) is 0 Å². The molecule has 9 heteroatoms. The number of aryl methyl sites for hydroxylation is 1. The molecule has 5 rings (SSSR count). The first kappa shape index (κ1) is 23.0. The molecule has 1 fully saturated rings. The van der Waals surface area contributed by atoms with Gasteiger partial charge < -0.3 is 20.5 Å². The molecule has 2 aliphatic rings. The van der Waals surface area contributed by atoms with Crippen molar-refractivity contribution >= 4 is 29.3 Å². The van der Waals surface area contributed by atoms with E-state index in [0.717, 1.165) is 11.1 Å². The molecule has 180 valence electrons. The average Bonchev–Trinajstić information content (AvgIpc) is 3.45. The fourth-order valence-corrected chi connectivity index (χ4v) is 5.54. The summed E-state index contributed by atoms with van der Waals surface area (Å²) >= 11 is 1.20. The third-order valence-electron chi connectivity index (χ3n) is 6.54. The molecule has 0 spiro atoms. The van der Waals surface area contributed by atoms with E-state index in [1.807, 2.05) is 24.3 Å². The maximum absolute atomic E-state index is 12.5. The summed E-state index contributed by atoms with van der Waals surface area (Å²) in [4.78, 5) is 40.7. The van der Waals surface area contributed by atoms with Crippen LogP contribution in [0.25, 0.3) is 11.1 Å². The van der Waals surface area contributed by atoms with E-state index in [0.29, 0.717) is 28.5 Å². The van der Waals surface area contributed by atoms with Gasteiger partial charge in [-0.2, -0.15) is 0 Å². The van der Waals surface area contributed by atoms with Crippen molar-refractivity contribution in [2.45, 2.75) is 25.8 Å². The summed E-state index contributed by atoms with van der Waals surface area (Å²) in [5, 5.41) is 15.1. The van der Waals surface area contributed by atoms with Crippen LogP contribution in [0.2, 0.25) is 0 Å². The molecule has 3 aromatic rings. The first-order valence-electron chi connectivity index (χ1n) is 11.5. The molecule has 2 amide bonds. The Morgan fingerprint density at radius 3 is 2.34 bits per heavy atom. The van der Waals surface area contributed by atoms with E-state index in [2.05, 4.69) is 39.9 Å². The van der Waals surface area contributed by atoms with Crippen molar-refractivity contribution in [1.29, 1.82) is 0 Å². The molecule has 1 aromatic heterocycles. The third kappa shape index (κ3) is 4.77. The lowest BCUT2D eigenvalue weighted by atomic mass is 9.98. The van der Waals surface area contributed by atoms with Gasteiger partial charge in [0.05, 0.1) is 18.2 Å². The standard InChI is InChI=1S/C26H25N3O5S/c1-14-23(24(30)27-11-15-10-20(15)25(31)32)35-22(29-14)12-28-26(33)34-13-21-18-8-4-2-6-16(18)17-7-3-5-9-19(17)21/h2-9,15,20-21H,10-13H2,1H3,(H,27,30)(H,28,33)(H,31,32). The minimum absolute atomic E-state index is 0.0145. The Kier molecular flexibility index (Phi) is 6.25. The minimum Gasteiger partial charge on any atom is -0.481 e. The Hall–Kier alpha value is -3.72. The highest BCUT2D eigenvalue weighted by molar-refractivity contribution is 7.13. The number of carbonyl (C=O) groups is 3. The molecule has 0 radical (unpaired) electrons. The number of carboxylic acid groups (broad SMARTS) is 1. The SMILES string of the molecule is Cc1nc(CNC(=O)OCC2c3ccccc3-c3ccccc32)sc1C(=O)NCC1CC1C(=O)O. The second-order valence-corrected chi connectivity index (χ2v) is 9.94. The highest BCUT2D eigenvalue weighted by Gasteiger charge is 2.43. The van der Waals surface area contributed by atoms with E-state index in [1.165, 1.54) is 22.5 Å². The Morgan fingerprint density at radius 2 is 1.71 bits per heavy atom. The molecule has 3 N–H and O–H groups in total. The van der Waals surface area contributed by atoms with Crippen LogP contribution in [0.3, 0.4) is 0 Å². The highest BCUT2D eigenvalue weighted by atomic mass is 32.1. The molecule has 1 heterocycles. The summed E-state index contributed by atoms with van der Waals surface area (Å²) in [6.45, 7) is 2.45. The van der Waals surface area contributed by atoms with E-state index >= 15 is 0 Å². The monoisotopic (exact) mass is 491 g/mol. The van der Waals surface area contributed by atoms with Gasteiger partial charge in [0.2, 0.25) is 0 Å². The van der Waals surface area contributed by atoms with E-state index in [-0.39, 0.29) is 36.8 Å². The van der Waals surface area contributed by atoms with Crippen molar-refractivity contribution in [3.05, 3.63) is 75.2 Å². The Morgan fingerprint density at radius 1 is 1.06 bits per heavy atom. The van der Waals surface area contributed by atoms with Crippen LogP contribution in [0.15, 0.2) is 48.5 Å².